The topological polar surface area (TPSA) is 50.3 Å². The van der Waals surface area contributed by atoms with Crippen LogP contribution in [0.3, 0.4) is 0 Å². The number of benzene rings is 1. The van der Waals surface area contributed by atoms with E-state index in [2.05, 4.69) is 4.98 Å². The van der Waals surface area contributed by atoms with Crippen molar-refractivity contribution in [3.63, 3.8) is 0 Å². The number of nitrogens with zero attached hydrogens (tertiary/aromatic N) is 2. The summed E-state index contributed by atoms with van der Waals surface area (Å²) in [6.45, 7) is 4.27. The lowest BCUT2D eigenvalue weighted by molar-refractivity contribution is 0.465. The molecule has 0 aliphatic rings. The zero-order chi connectivity index (χ0) is 15.6. The molecule has 0 atom stereocenters. The maximum atomic E-state index is 12.5. The quantitative estimate of drug-likeness (QED) is 0.868. The lowest BCUT2D eigenvalue weighted by Crippen LogP contribution is -2.27. The van der Waals surface area contributed by atoms with Gasteiger partial charge in [0.1, 0.15) is 4.90 Å². The molecule has 2 rings (SSSR count). The molecule has 4 nitrogen and oxygen atoms in total. The van der Waals surface area contributed by atoms with Gasteiger partial charge in [-0.05, 0) is 31.0 Å². The van der Waals surface area contributed by atoms with Crippen molar-refractivity contribution in [1.29, 1.82) is 0 Å². The first-order chi connectivity index (χ1) is 9.82. The van der Waals surface area contributed by atoms with Crippen molar-refractivity contribution in [2.24, 2.45) is 0 Å². The van der Waals surface area contributed by atoms with Gasteiger partial charge in [-0.2, -0.15) is 4.31 Å². The third-order valence-corrected chi connectivity index (χ3v) is 5.59. The first kappa shape index (κ1) is 15.9. The standard InChI is InChI=1S/C15H17ClN2O2S/c1-11-4-5-13(12(2)8-11)10-18(3)21(19,20)15-9-17-7-6-14(15)16/h4-9H,10H2,1-3H3. The van der Waals surface area contributed by atoms with E-state index in [0.717, 1.165) is 16.7 Å². The van der Waals surface area contributed by atoms with Crippen molar-refractivity contribution in [3.8, 4) is 0 Å². The van der Waals surface area contributed by atoms with Crippen LogP contribution in [-0.4, -0.2) is 24.8 Å². The number of halogens is 1. The van der Waals surface area contributed by atoms with Crippen LogP contribution in [0.25, 0.3) is 0 Å². The maximum absolute atomic E-state index is 12.5. The molecule has 0 N–H and O–H groups in total. The summed E-state index contributed by atoms with van der Waals surface area (Å²) in [5.41, 5.74) is 3.18. The van der Waals surface area contributed by atoms with Crippen molar-refractivity contribution < 1.29 is 8.42 Å². The van der Waals surface area contributed by atoms with Crippen molar-refractivity contribution in [2.45, 2.75) is 25.3 Å². The molecule has 2 aromatic rings. The molecule has 0 aliphatic carbocycles. The molecule has 0 aliphatic heterocycles. The first-order valence-corrected chi connectivity index (χ1v) is 8.26. The average Bonchev–Trinajstić information content (AvgIpc) is 2.42. The van der Waals surface area contributed by atoms with Crippen LogP contribution in [0.4, 0.5) is 0 Å². The van der Waals surface area contributed by atoms with Crippen molar-refractivity contribution in [3.05, 3.63) is 58.4 Å². The van der Waals surface area contributed by atoms with Crippen LogP contribution in [0.2, 0.25) is 5.02 Å². The molecule has 0 unspecified atom stereocenters. The molecule has 1 aromatic heterocycles. The summed E-state index contributed by atoms with van der Waals surface area (Å²) in [6.07, 6.45) is 2.74. The van der Waals surface area contributed by atoms with Gasteiger partial charge in [-0.1, -0.05) is 35.4 Å². The number of hydrogen-bond acceptors (Lipinski definition) is 3. The Morgan fingerprint density at radius 1 is 1.24 bits per heavy atom. The van der Waals surface area contributed by atoms with Crippen LogP contribution in [0.15, 0.2) is 41.6 Å². The first-order valence-electron chi connectivity index (χ1n) is 6.44. The molecule has 1 heterocycles. The van der Waals surface area contributed by atoms with E-state index in [0.29, 0.717) is 6.54 Å². The summed E-state index contributed by atoms with van der Waals surface area (Å²) in [5.74, 6) is 0. The Labute approximate surface area is 130 Å². The molecule has 0 saturated carbocycles. The summed E-state index contributed by atoms with van der Waals surface area (Å²) < 4.78 is 26.4. The van der Waals surface area contributed by atoms with E-state index in [4.69, 9.17) is 11.6 Å². The second-order valence-electron chi connectivity index (χ2n) is 5.00. The summed E-state index contributed by atoms with van der Waals surface area (Å²) in [5, 5.41) is 0.178. The van der Waals surface area contributed by atoms with Crippen LogP contribution in [0.5, 0.6) is 0 Å². The third-order valence-electron chi connectivity index (χ3n) is 3.31. The van der Waals surface area contributed by atoms with Gasteiger partial charge in [0.2, 0.25) is 10.0 Å². The molecule has 0 spiro atoms. The number of pyridine rings is 1. The second-order valence-corrected chi connectivity index (χ2v) is 7.42. The van der Waals surface area contributed by atoms with E-state index in [1.807, 2.05) is 32.0 Å². The van der Waals surface area contributed by atoms with Crippen LogP contribution < -0.4 is 0 Å². The van der Waals surface area contributed by atoms with Gasteiger partial charge in [0.25, 0.3) is 0 Å². The zero-order valence-corrected chi connectivity index (χ0v) is 13.7. The van der Waals surface area contributed by atoms with E-state index >= 15 is 0 Å². The number of aryl methyl sites for hydroxylation is 2. The molecule has 0 radical (unpaired) electrons. The largest absolute Gasteiger partial charge is 0.263 e. The fourth-order valence-corrected chi connectivity index (χ4v) is 3.62. The summed E-state index contributed by atoms with van der Waals surface area (Å²) >= 11 is 5.96. The van der Waals surface area contributed by atoms with E-state index in [-0.39, 0.29) is 9.92 Å². The highest BCUT2D eigenvalue weighted by atomic mass is 35.5. The summed E-state index contributed by atoms with van der Waals surface area (Å²) in [6, 6.07) is 7.42. The second kappa shape index (κ2) is 6.13. The van der Waals surface area contributed by atoms with E-state index in [1.54, 1.807) is 0 Å². The highest BCUT2D eigenvalue weighted by Crippen LogP contribution is 2.24. The van der Waals surface area contributed by atoms with Crippen molar-refractivity contribution in [1.82, 2.24) is 9.29 Å². The minimum absolute atomic E-state index is 0.0268. The normalized spacial score (nSPS) is 11.9. The highest BCUT2D eigenvalue weighted by Gasteiger charge is 2.24. The van der Waals surface area contributed by atoms with Gasteiger partial charge >= 0.3 is 0 Å². The van der Waals surface area contributed by atoms with Crippen LogP contribution in [0.1, 0.15) is 16.7 Å². The zero-order valence-electron chi connectivity index (χ0n) is 12.2. The van der Waals surface area contributed by atoms with Crippen LogP contribution in [0, 0.1) is 13.8 Å². The molecule has 0 fully saturated rings. The van der Waals surface area contributed by atoms with Gasteiger partial charge in [-0.3, -0.25) is 4.98 Å². The van der Waals surface area contributed by atoms with Gasteiger partial charge in [0.15, 0.2) is 0 Å². The van der Waals surface area contributed by atoms with E-state index < -0.39 is 10.0 Å². The Bertz CT molecular complexity index is 760. The Morgan fingerprint density at radius 2 is 1.95 bits per heavy atom. The van der Waals surface area contributed by atoms with E-state index in [1.165, 1.54) is 29.8 Å². The number of sulfonamides is 1. The molecule has 21 heavy (non-hydrogen) atoms. The average molecular weight is 325 g/mol. The minimum Gasteiger partial charge on any atom is -0.263 e. The summed E-state index contributed by atoms with van der Waals surface area (Å²) in [7, 11) is -2.12. The monoisotopic (exact) mass is 324 g/mol. The van der Waals surface area contributed by atoms with Gasteiger partial charge in [-0.25, -0.2) is 8.42 Å². The number of hydrogen-bond donors (Lipinski definition) is 0. The van der Waals surface area contributed by atoms with Gasteiger partial charge in [0.05, 0.1) is 5.02 Å². The number of rotatable bonds is 4. The molecule has 0 bridgehead atoms. The van der Waals surface area contributed by atoms with Gasteiger partial charge < -0.3 is 0 Å². The lowest BCUT2D eigenvalue weighted by Gasteiger charge is -2.19. The Balaban J connectivity index is 2.31. The number of aromatic nitrogens is 1. The summed E-state index contributed by atoms with van der Waals surface area (Å²) in [4.78, 5) is 3.87. The van der Waals surface area contributed by atoms with Crippen molar-refractivity contribution in [2.75, 3.05) is 7.05 Å². The predicted octanol–water partition coefficient (Wildman–Crippen LogP) is 3.17. The Kier molecular flexibility index (Phi) is 4.66. The molecule has 0 amide bonds. The SMILES string of the molecule is Cc1ccc(CN(C)S(=O)(=O)c2cnccc2Cl)c(C)c1. The van der Waals surface area contributed by atoms with Gasteiger partial charge in [-0.15, -0.1) is 0 Å². The molecule has 1 aromatic carbocycles. The molecule has 6 heteroatoms. The fourth-order valence-electron chi connectivity index (χ4n) is 2.07. The van der Waals surface area contributed by atoms with Crippen LogP contribution in [-0.2, 0) is 16.6 Å². The smallest absolute Gasteiger partial charge is 0.246 e. The Morgan fingerprint density at radius 3 is 2.57 bits per heavy atom. The van der Waals surface area contributed by atoms with Crippen molar-refractivity contribution >= 4 is 21.6 Å². The minimum atomic E-state index is -3.66. The Hall–Kier alpha value is -1.43. The maximum Gasteiger partial charge on any atom is 0.246 e. The fraction of sp³-hybridized carbons (Fsp3) is 0.267. The van der Waals surface area contributed by atoms with Crippen LogP contribution >= 0.6 is 11.6 Å². The highest BCUT2D eigenvalue weighted by molar-refractivity contribution is 7.89. The predicted molar refractivity (Wildman–Crippen MR) is 83.8 cm³/mol. The van der Waals surface area contributed by atoms with E-state index in [9.17, 15) is 8.42 Å². The molecule has 112 valence electrons. The molecular weight excluding hydrogens is 308 g/mol. The lowest BCUT2D eigenvalue weighted by atomic mass is 10.1. The molecule has 0 saturated heterocycles. The molecular formula is C15H17ClN2O2S. The third kappa shape index (κ3) is 3.43. The van der Waals surface area contributed by atoms with Gasteiger partial charge in [0, 0.05) is 26.0 Å².